The molecule has 0 aliphatic heterocycles. The van der Waals surface area contributed by atoms with Gasteiger partial charge in [-0.2, -0.15) is 0 Å². The van der Waals surface area contributed by atoms with Gasteiger partial charge in [0.1, 0.15) is 5.82 Å². The molecule has 0 radical (unpaired) electrons. The van der Waals surface area contributed by atoms with E-state index in [0.717, 1.165) is 12.1 Å². The van der Waals surface area contributed by atoms with Crippen molar-refractivity contribution in [2.75, 3.05) is 0 Å². The highest BCUT2D eigenvalue weighted by Crippen LogP contribution is 2.17. The van der Waals surface area contributed by atoms with E-state index in [0.29, 0.717) is 0 Å². The molecule has 1 unspecified atom stereocenters. The summed E-state index contributed by atoms with van der Waals surface area (Å²) < 4.78 is 13.5. The average Bonchev–Trinajstić information content (AvgIpc) is 2.79. The van der Waals surface area contributed by atoms with E-state index in [1.807, 2.05) is 30.5 Å². The monoisotopic (exact) mass is 235 g/mol. The molecule has 1 atom stereocenters. The largest absolute Gasteiger partial charge is 0.305 e. The molecular weight excluding hydrogens is 221 g/mol. The fraction of sp³-hybridized carbons (Fsp3) is 0.231. The van der Waals surface area contributed by atoms with Crippen LogP contribution in [0.4, 0.5) is 4.39 Å². The van der Waals surface area contributed by atoms with Gasteiger partial charge in [-0.05, 0) is 24.4 Å². The molecular formula is C13H14FNS. The molecule has 0 amide bonds. The highest BCUT2D eigenvalue weighted by molar-refractivity contribution is 7.09. The first-order valence-corrected chi connectivity index (χ1v) is 6.15. The Balaban J connectivity index is 1.98. The van der Waals surface area contributed by atoms with Gasteiger partial charge in [-0.25, -0.2) is 4.39 Å². The number of hydrogen-bond acceptors (Lipinski definition) is 2. The maximum absolute atomic E-state index is 13.5. The number of nitrogens with one attached hydrogen (secondary N) is 1. The third-order valence-corrected chi connectivity index (χ3v) is 3.41. The molecule has 16 heavy (non-hydrogen) atoms. The SMILES string of the molecule is CC(NCc1cccs1)c1ccccc1F. The first-order chi connectivity index (χ1) is 7.77. The Morgan fingerprint density at radius 2 is 2.06 bits per heavy atom. The minimum absolute atomic E-state index is 0.0308. The van der Waals surface area contributed by atoms with Gasteiger partial charge < -0.3 is 5.32 Å². The molecule has 84 valence electrons. The summed E-state index contributed by atoms with van der Waals surface area (Å²) >= 11 is 1.71. The van der Waals surface area contributed by atoms with E-state index in [2.05, 4.69) is 11.4 Å². The lowest BCUT2D eigenvalue weighted by Gasteiger charge is -2.14. The smallest absolute Gasteiger partial charge is 0.127 e. The van der Waals surface area contributed by atoms with Crippen molar-refractivity contribution in [3.05, 3.63) is 58.0 Å². The zero-order valence-electron chi connectivity index (χ0n) is 9.11. The maximum Gasteiger partial charge on any atom is 0.127 e. The molecule has 0 fully saturated rings. The van der Waals surface area contributed by atoms with E-state index in [1.54, 1.807) is 17.4 Å². The van der Waals surface area contributed by atoms with E-state index < -0.39 is 0 Å². The molecule has 0 spiro atoms. The Bertz CT molecular complexity index is 439. The zero-order chi connectivity index (χ0) is 11.4. The summed E-state index contributed by atoms with van der Waals surface area (Å²) in [6.45, 7) is 2.76. The van der Waals surface area contributed by atoms with Crippen LogP contribution in [0.1, 0.15) is 23.4 Å². The fourth-order valence-corrected chi connectivity index (χ4v) is 2.26. The van der Waals surface area contributed by atoms with Crippen molar-refractivity contribution in [1.82, 2.24) is 5.32 Å². The van der Waals surface area contributed by atoms with Gasteiger partial charge in [-0.1, -0.05) is 24.3 Å². The molecule has 0 bridgehead atoms. The van der Waals surface area contributed by atoms with E-state index in [1.165, 1.54) is 10.9 Å². The van der Waals surface area contributed by atoms with Gasteiger partial charge in [0, 0.05) is 23.0 Å². The molecule has 0 saturated heterocycles. The van der Waals surface area contributed by atoms with Crippen molar-refractivity contribution in [3.8, 4) is 0 Å². The molecule has 2 rings (SSSR count). The summed E-state index contributed by atoms with van der Waals surface area (Å²) in [6, 6.07) is 11.0. The Labute approximate surface area is 98.9 Å². The van der Waals surface area contributed by atoms with E-state index in [9.17, 15) is 4.39 Å². The fourth-order valence-electron chi connectivity index (χ4n) is 1.60. The van der Waals surface area contributed by atoms with Crippen molar-refractivity contribution >= 4 is 11.3 Å². The molecule has 0 saturated carbocycles. The molecule has 2 aromatic rings. The van der Waals surface area contributed by atoms with E-state index in [4.69, 9.17) is 0 Å². The van der Waals surface area contributed by atoms with Crippen LogP contribution in [-0.4, -0.2) is 0 Å². The number of hydrogen-bond donors (Lipinski definition) is 1. The van der Waals surface area contributed by atoms with E-state index >= 15 is 0 Å². The van der Waals surface area contributed by atoms with E-state index in [-0.39, 0.29) is 11.9 Å². The van der Waals surface area contributed by atoms with Crippen molar-refractivity contribution in [1.29, 1.82) is 0 Å². The van der Waals surface area contributed by atoms with Crippen LogP contribution in [-0.2, 0) is 6.54 Å². The predicted octanol–water partition coefficient (Wildman–Crippen LogP) is 3.74. The second-order valence-electron chi connectivity index (χ2n) is 3.70. The number of rotatable bonds is 4. The highest BCUT2D eigenvalue weighted by Gasteiger charge is 2.09. The van der Waals surface area contributed by atoms with Crippen LogP contribution in [0.25, 0.3) is 0 Å². The van der Waals surface area contributed by atoms with Gasteiger partial charge in [0.05, 0.1) is 0 Å². The summed E-state index contributed by atoms with van der Waals surface area (Å²) in [5, 5.41) is 5.36. The third-order valence-electron chi connectivity index (χ3n) is 2.53. The first kappa shape index (κ1) is 11.3. The molecule has 3 heteroatoms. The molecule has 1 aromatic carbocycles. The maximum atomic E-state index is 13.5. The van der Waals surface area contributed by atoms with Gasteiger partial charge in [0.2, 0.25) is 0 Å². The van der Waals surface area contributed by atoms with Gasteiger partial charge in [0.15, 0.2) is 0 Å². The summed E-state index contributed by atoms with van der Waals surface area (Å²) in [4.78, 5) is 1.27. The van der Waals surface area contributed by atoms with Crippen LogP contribution in [0, 0.1) is 5.82 Å². The van der Waals surface area contributed by atoms with Crippen LogP contribution in [0.3, 0.4) is 0 Å². The van der Waals surface area contributed by atoms with Gasteiger partial charge in [-0.3, -0.25) is 0 Å². The van der Waals surface area contributed by atoms with Crippen LogP contribution < -0.4 is 5.32 Å². The second-order valence-corrected chi connectivity index (χ2v) is 4.74. The third kappa shape index (κ3) is 2.68. The molecule has 1 N–H and O–H groups in total. The summed E-state index contributed by atoms with van der Waals surface area (Å²) in [6.07, 6.45) is 0. The number of benzene rings is 1. The molecule has 1 heterocycles. The zero-order valence-corrected chi connectivity index (χ0v) is 9.93. The lowest BCUT2D eigenvalue weighted by molar-refractivity contribution is 0.530. The topological polar surface area (TPSA) is 12.0 Å². The summed E-state index contributed by atoms with van der Waals surface area (Å²) in [5.74, 6) is -0.145. The van der Waals surface area contributed by atoms with Crippen molar-refractivity contribution in [2.45, 2.75) is 19.5 Å². The van der Waals surface area contributed by atoms with Crippen LogP contribution in [0.5, 0.6) is 0 Å². The minimum Gasteiger partial charge on any atom is -0.305 e. The van der Waals surface area contributed by atoms with Gasteiger partial charge >= 0.3 is 0 Å². The number of halogens is 1. The van der Waals surface area contributed by atoms with Crippen LogP contribution >= 0.6 is 11.3 Å². The lowest BCUT2D eigenvalue weighted by Crippen LogP contribution is -2.18. The Morgan fingerprint density at radius 3 is 2.75 bits per heavy atom. The molecule has 0 aliphatic rings. The van der Waals surface area contributed by atoms with Gasteiger partial charge in [-0.15, -0.1) is 11.3 Å². The second kappa shape index (κ2) is 5.23. The van der Waals surface area contributed by atoms with Crippen molar-refractivity contribution in [2.24, 2.45) is 0 Å². The minimum atomic E-state index is -0.145. The van der Waals surface area contributed by atoms with Crippen LogP contribution in [0.2, 0.25) is 0 Å². The number of thiophene rings is 1. The molecule has 0 aliphatic carbocycles. The Morgan fingerprint density at radius 1 is 1.25 bits per heavy atom. The average molecular weight is 235 g/mol. The van der Waals surface area contributed by atoms with Crippen LogP contribution in [0.15, 0.2) is 41.8 Å². The van der Waals surface area contributed by atoms with Crippen molar-refractivity contribution in [3.63, 3.8) is 0 Å². The lowest BCUT2D eigenvalue weighted by atomic mass is 10.1. The molecule has 1 aromatic heterocycles. The predicted molar refractivity (Wildman–Crippen MR) is 66.0 cm³/mol. The highest BCUT2D eigenvalue weighted by atomic mass is 32.1. The van der Waals surface area contributed by atoms with Gasteiger partial charge in [0.25, 0.3) is 0 Å². The molecule has 1 nitrogen and oxygen atoms in total. The summed E-state index contributed by atoms with van der Waals surface area (Å²) in [5.41, 5.74) is 0.721. The summed E-state index contributed by atoms with van der Waals surface area (Å²) in [7, 11) is 0. The Hall–Kier alpha value is -1.19. The first-order valence-electron chi connectivity index (χ1n) is 5.27. The normalized spacial score (nSPS) is 12.6. The standard InChI is InChI=1S/C13H14FNS/c1-10(12-6-2-3-7-13(12)14)15-9-11-5-4-8-16-11/h2-8,10,15H,9H2,1H3. The Kier molecular flexibility index (Phi) is 3.70. The van der Waals surface area contributed by atoms with Crippen molar-refractivity contribution < 1.29 is 4.39 Å². The quantitative estimate of drug-likeness (QED) is 0.851.